The smallest absolute Gasteiger partial charge is 0.0647 e. The summed E-state index contributed by atoms with van der Waals surface area (Å²) in [5.41, 5.74) is 0. The molecule has 0 bridgehead atoms. The van der Waals surface area contributed by atoms with E-state index >= 15 is 0 Å². The molecule has 0 saturated carbocycles. The van der Waals surface area contributed by atoms with Crippen LogP contribution in [-0.4, -0.2) is 24.4 Å². The van der Waals surface area contributed by atoms with Crippen LogP contribution >= 0.6 is 0 Å². The molecule has 0 aromatic rings. The van der Waals surface area contributed by atoms with E-state index in [0.717, 1.165) is 44.9 Å². The van der Waals surface area contributed by atoms with Crippen LogP contribution < -0.4 is 0 Å². The van der Waals surface area contributed by atoms with Gasteiger partial charge in [0.15, 0.2) is 0 Å². The predicted molar refractivity (Wildman–Crippen MR) is 92.4 cm³/mol. The topological polar surface area (TPSA) is 29.5 Å². The lowest BCUT2D eigenvalue weighted by Gasteiger charge is -2.07. The number of aliphatic hydroxyl groups excluding tert-OH is 1. The van der Waals surface area contributed by atoms with Crippen LogP contribution in [0.2, 0.25) is 0 Å². The minimum absolute atomic E-state index is 0.294. The van der Waals surface area contributed by atoms with E-state index < -0.39 is 0 Å². The third-order valence-corrected chi connectivity index (χ3v) is 3.11. The zero-order valence-corrected chi connectivity index (χ0v) is 13.4. The fourth-order valence-electron chi connectivity index (χ4n) is 1.81. The zero-order chi connectivity index (χ0) is 15.6. The lowest BCUT2D eigenvalue weighted by Crippen LogP contribution is -2.09. The number of unbranched alkanes of at least 4 members (excludes halogenated alkanes) is 4. The van der Waals surface area contributed by atoms with E-state index in [-0.39, 0.29) is 6.10 Å². The first-order valence-electron chi connectivity index (χ1n) is 8.08. The Kier molecular flexibility index (Phi) is 16.0. The molecular weight excluding hydrogens is 260 g/mol. The quantitative estimate of drug-likeness (QED) is 0.341. The molecule has 2 heteroatoms. The number of hydrogen-bond acceptors (Lipinski definition) is 2. The first-order chi connectivity index (χ1) is 10.3. The van der Waals surface area contributed by atoms with E-state index in [0.29, 0.717) is 19.6 Å². The molecule has 0 aliphatic carbocycles. The van der Waals surface area contributed by atoms with Gasteiger partial charge in [-0.2, -0.15) is 0 Å². The first kappa shape index (κ1) is 19.9. The second-order valence-corrected chi connectivity index (χ2v) is 5.14. The van der Waals surface area contributed by atoms with Crippen LogP contribution in [0, 0.1) is 0 Å². The summed E-state index contributed by atoms with van der Waals surface area (Å²) in [6.07, 6.45) is 20.0. The van der Waals surface area contributed by atoms with E-state index in [1.165, 1.54) is 0 Å². The fraction of sp³-hybridized carbons (Fsp3) is 0.579. The maximum absolute atomic E-state index is 9.78. The molecule has 0 aromatic heterocycles. The Morgan fingerprint density at radius 3 is 2.10 bits per heavy atom. The van der Waals surface area contributed by atoms with Gasteiger partial charge in [0, 0.05) is 6.61 Å². The normalized spacial score (nSPS) is 13.0. The van der Waals surface area contributed by atoms with Gasteiger partial charge in [-0.3, -0.25) is 0 Å². The molecule has 0 saturated heterocycles. The van der Waals surface area contributed by atoms with E-state index in [4.69, 9.17) is 4.74 Å². The molecule has 0 aliphatic rings. The zero-order valence-electron chi connectivity index (χ0n) is 13.4. The van der Waals surface area contributed by atoms with Crippen LogP contribution in [0.4, 0.5) is 0 Å². The minimum atomic E-state index is -0.294. The van der Waals surface area contributed by atoms with E-state index in [1.54, 1.807) is 0 Å². The monoisotopic (exact) mass is 292 g/mol. The van der Waals surface area contributed by atoms with Gasteiger partial charge in [0.25, 0.3) is 0 Å². The molecule has 1 atom stereocenters. The summed E-state index contributed by atoms with van der Waals surface area (Å²) in [5, 5.41) is 9.78. The lowest BCUT2D eigenvalue weighted by atomic mass is 10.1. The average Bonchev–Trinajstić information content (AvgIpc) is 2.49. The standard InChI is InChI=1S/C19H32O2/c1-3-5-7-9-11-13-15-19(20)16-18-21-17-14-12-10-8-6-4-2/h3-4,11-14,19-20H,1-2,5-10,15-18H2/b13-11+,14-12+. The van der Waals surface area contributed by atoms with Crippen LogP contribution in [0.3, 0.4) is 0 Å². The van der Waals surface area contributed by atoms with E-state index in [1.807, 2.05) is 12.2 Å². The molecule has 0 heterocycles. The van der Waals surface area contributed by atoms with Crippen molar-refractivity contribution in [2.24, 2.45) is 0 Å². The van der Waals surface area contributed by atoms with Gasteiger partial charge in [-0.25, -0.2) is 0 Å². The van der Waals surface area contributed by atoms with Crippen molar-refractivity contribution in [2.75, 3.05) is 13.2 Å². The summed E-state index contributed by atoms with van der Waals surface area (Å²) in [5.74, 6) is 0. The summed E-state index contributed by atoms with van der Waals surface area (Å²) in [4.78, 5) is 0. The molecule has 0 spiro atoms. The van der Waals surface area contributed by atoms with Crippen molar-refractivity contribution >= 4 is 0 Å². The van der Waals surface area contributed by atoms with Gasteiger partial charge in [-0.15, -0.1) is 13.2 Å². The highest BCUT2D eigenvalue weighted by molar-refractivity contribution is 4.85. The Hall–Kier alpha value is -1.12. The van der Waals surface area contributed by atoms with Gasteiger partial charge in [-0.1, -0.05) is 36.5 Å². The van der Waals surface area contributed by atoms with Gasteiger partial charge in [-0.05, 0) is 51.4 Å². The highest BCUT2D eigenvalue weighted by Crippen LogP contribution is 2.03. The van der Waals surface area contributed by atoms with E-state index in [9.17, 15) is 5.11 Å². The molecule has 0 aliphatic heterocycles. The number of hydrogen-bond donors (Lipinski definition) is 1. The molecular formula is C19H32O2. The van der Waals surface area contributed by atoms with Gasteiger partial charge in [0.05, 0.1) is 12.7 Å². The fourth-order valence-corrected chi connectivity index (χ4v) is 1.81. The van der Waals surface area contributed by atoms with Crippen molar-refractivity contribution in [3.63, 3.8) is 0 Å². The molecule has 21 heavy (non-hydrogen) atoms. The van der Waals surface area contributed by atoms with Crippen molar-refractivity contribution < 1.29 is 9.84 Å². The van der Waals surface area contributed by atoms with Crippen molar-refractivity contribution in [3.8, 4) is 0 Å². The molecule has 120 valence electrons. The summed E-state index contributed by atoms with van der Waals surface area (Å²) in [6, 6.07) is 0. The third kappa shape index (κ3) is 16.8. The number of rotatable bonds is 15. The van der Waals surface area contributed by atoms with Crippen LogP contribution in [-0.2, 0) is 4.74 Å². The van der Waals surface area contributed by atoms with Crippen molar-refractivity contribution in [3.05, 3.63) is 49.6 Å². The van der Waals surface area contributed by atoms with Crippen LogP contribution in [0.1, 0.15) is 51.4 Å². The number of allylic oxidation sites excluding steroid dienone is 4. The van der Waals surface area contributed by atoms with Gasteiger partial charge < -0.3 is 9.84 Å². The first-order valence-corrected chi connectivity index (χ1v) is 8.08. The number of ether oxygens (including phenoxy) is 1. The summed E-state index contributed by atoms with van der Waals surface area (Å²) >= 11 is 0. The lowest BCUT2D eigenvalue weighted by molar-refractivity contribution is 0.0968. The molecule has 0 aromatic carbocycles. The number of aliphatic hydroxyl groups is 1. The van der Waals surface area contributed by atoms with Gasteiger partial charge in [0.2, 0.25) is 0 Å². The second kappa shape index (κ2) is 16.9. The van der Waals surface area contributed by atoms with Crippen LogP contribution in [0.25, 0.3) is 0 Å². The molecule has 1 unspecified atom stereocenters. The maximum Gasteiger partial charge on any atom is 0.0647 e. The van der Waals surface area contributed by atoms with Crippen LogP contribution in [0.15, 0.2) is 49.6 Å². The Morgan fingerprint density at radius 2 is 1.48 bits per heavy atom. The Morgan fingerprint density at radius 1 is 0.857 bits per heavy atom. The molecule has 0 amide bonds. The Balaban J connectivity index is 3.34. The van der Waals surface area contributed by atoms with Crippen molar-refractivity contribution in [2.45, 2.75) is 57.5 Å². The minimum Gasteiger partial charge on any atom is -0.393 e. The summed E-state index contributed by atoms with van der Waals surface area (Å²) in [6.45, 7) is 8.64. The summed E-state index contributed by atoms with van der Waals surface area (Å²) < 4.78 is 5.47. The van der Waals surface area contributed by atoms with Gasteiger partial charge >= 0.3 is 0 Å². The SMILES string of the molecule is C=CCCC/C=C/COCCC(O)C/C=C/CCCC=C. The van der Waals surface area contributed by atoms with Crippen molar-refractivity contribution in [1.29, 1.82) is 0 Å². The molecule has 0 fully saturated rings. The van der Waals surface area contributed by atoms with Gasteiger partial charge in [0.1, 0.15) is 0 Å². The molecule has 1 N–H and O–H groups in total. The average molecular weight is 292 g/mol. The molecule has 0 rings (SSSR count). The second-order valence-electron chi connectivity index (χ2n) is 5.14. The largest absolute Gasteiger partial charge is 0.393 e. The highest BCUT2D eigenvalue weighted by Gasteiger charge is 2.00. The van der Waals surface area contributed by atoms with Crippen LogP contribution in [0.5, 0.6) is 0 Å². The molecule has 2 nitrogen and oxygen atoms in total. The maximum atomic E-state index is 9.78. The van der Waals surface area contributed by atoms with E-state index in [2.05, 4.69) is 37.5 Å². The summed E-state index contributed by atoms with van der Waals surface area (Å²) in [7, 11) is 0. The molecule has 0 radical (unpaired) electrons. The third-order valence-electron chi connectivity index (χ3n) is 3.11. The Labute approximate surface area is 130 Å². The highest BCUT2D eigenvalue weighted by atomic mass is 16.5. The Bertz CT molecular complexity index is 292. The predicted octanol–water partition coefficient (Wildman–Crippen LogP) is 4.97. The van der Waals surface area contributed by atoms with Crippen molar-refractivity contribution in [1.82, 2.24) is 0 Å².